The number of anilines is 1. The molecule has 1 atom stereocenters. The molecule has 0 unspecified atom stereocenters. The number of halogens is 2. The Morgan fingerprint density at radius 2 is 1.69 bits per heavy atom. The molecule has 1 N–H and O–H groups in total. The standard InChI is InChI=1S/C25H33Cl2N3O5S/c1-7-20(24(32)28-25(2,3)4)29(15-17-11-13-18(35-5)14-12-17)22(31)16-30(36(6,33)34)21-10-8-9-19(26)23(21)27/h8-14,20H,7,15-16H2,1-6H3,(H,28,32)/t20-/m0/s1. The van der Waals surface area contributed by atoms with Crippen molar-refractivity contribution in [2.45, 2.75) is 52.2 Å². The smallest absolute Gasteiger partial charge is 0.244 e. The number of amides is 2. The number of nitrogens with zero attached hydrogens (tertiary/aromatic N) is 2. The van der Waals surface area contributed by atoms with E-state index in [2.05, 4.69) is 5.32 Å². The molecule has 2 aromatic rings. The van der Waals surface area contributed by atoms with Crippen LogP contribution in [-0.2, 0) is 26.2 Å². The molecule has 2 aromatic carbocycles. The minimum absolute atomic E-state index is 0.0108. The number of carbonyl (C=O) groups excluding carboxylic acids is 2. The van der Waals surface area contributed by atoms with Crippen molar-refractivity contribution in [3.63, 3.8) is 0 Å². The molecule has 2 amide bonds. The van der Waals surface area contributed by atoms with Crippen LogP contribution in [0.2, 0.25) is 10.0 Å². The number of methoxy groups -OCH3 is 1. The summed E-state index contributed by atoms with van der Waals surface area (Å²) in [7, 11) is -2.37. The lowest BCUT2D eigenvalue weighted by molar-refractivity contribution is -0.141. The van der Waals surface area contributed by atoms with E-state index in [9.17, 15) is 18.0 Å². The van der Waals surface area contributed by atoms with E-state index in [1.807, 2.05) is 20.8 Å². The summed E-state index contributed by atoms with van der Waals surface area (Å²) in [6.07, 6.45) is 1.30. The summed E-state index contributed by atoms with van der Waals surface area (Å²) < 4.78 is 31.5. The van der Waals surface area contributed by atoms with Gasteiger partial charge < -0.3 is 15.0 Å². The third-order valence-electron chi connectivity index (χ3n) is 5.28. The number of sulfonamides is 1. The summed E-state index contributed by atoms with van der Waals surface area (Å²) >= 11 is 12.4. The lowest BCUT2D eigenvalue weighted by Gasteiger charge is -2.34. The van der Waals surface area contributed by atoms with Crippen molar-refractivity contribution in [2.75, 3.05) is 24.2 Å². The molecule has 0 heterocycles. The van der Waals surface area contributed by atoms with Gasteiger partial charge in [0.05, 0.1) is 29.1 Å². The fraction of sp³-hybridized carbons (Fsp3) is 0.440. The van der Waals surface area contributed by atoms with Gasteiger partial charge in [0.15, 0.2) is 0 Å². The van der Waals surface area contributed by atoms with E-state index in [0.717, 1.165) is 16.1 Å². The second-order valence-electron chi connectivity index (χ2n) is 9.38. The van der Waals surface area contributed by atoms with Gasteiger partial charge in [-0.1, -0.05) is 48.3 Å². The molecule has 36 heavy (non-hydrogen) atoms. The monoisotopic (exact) mass is 557 g/mol. The van der Waals surface area contributed by atoms with Crippen LogP contribution in [0.15, 0.2) is 42.5 Å². The fourth-order valence-electron chi connectivity index (χ4n) is 3.58. The molecular formula is C25H33Cl2N3O5S. The minimum atomic E-state index is -3.92. The second-order valence-corrected chi connectivity index (χ2v) is 12.1. The topological polar surface area (TPSA) is 96.0 Å². The highest BCUT2D eigenvalue weighted by molar-refractivity contribution is 7.92. The normalized spacial score (nSPS) is 12.6. The quantitative estimate of drug-likeness (QED) is 0.464. The highest BCUT2D eigenvalue weighted by Crippen LogP contribution is 2.33. The van der Waals surface area contributed by atoms with Gasteiger partial charge in [-0.15, -0.1) is 0 Å². The van der Waals surface area contributed by atoms with Crippen molar-refractivity contribution < 1.29 is 22.7 Å². The molecule has 0 spiro atoms. The highest BCUT2D eigenvalue weighted by atomic mass is 35.5. The summed E-state index contributed by atoms with van der Waals surface area (Å²) in [5.74, 6) is -0.255. The molecule has 0 aliphatic heterocycles. The van der Waals surface area contributed by atoms with Crippen LogP contribution in [0, 0.1) is 0 Å². The molecule has 0 saturated carbocycles. The Hall–Kier alpha value is -2.49. The van der Waals surface area contributed by atoms with Gasteiger partial charge in [0.1, 0.15) is 18.3 Å². The number of hydrogen-bond donors (Lipinski definition) is 1. The van der Waals surface area contributed by atoms with E-state index < -0.39 is 34.1 Å². The van der Waals surface area contributed by atoms with E-state index in [1.165, 1.54) is 17.0 Å². The van der Waals surface area contributed by atoms with Gasteiger partial charge in [-0.25, -0.2) is 8.42 Å². The van der Waals surface area contributed by atoms with Gasteiger partial charge in [0.25, 0.3) is 0 Å². The number of carbonyl (C=O) groups is 2. The summed E-state index contributed by atoms with van der Waals surface area (Å²) in [4.78, 5) is 28.3. The number of nitrogens with one attached hydrogen (secondary N) is 1. The van der Waals surface area contributed by atoms with Gasteiger partial charge in [-0.3, -0.25) is 13.9 Å². The molecule has 0 bridgehead atoms. The molecule has 0 aliphatic rings. The Morgan fingerprint density at radius 1 is 1.08 bits per heavy atom. The Balaban J connectivity index is 2.50. The first-order valence-corrected chi connectivity index (χ1v) is 13.9. The predicted octanol–water partition coefficient (Wildman–Crippen LogP) is 4.49. The van der Waals surface area contributed by atoms with Crippen LogP contribution in [0.25, 0.3) is 0 Å². The van der Waals surface area contributed by atoms with E-state index in [0.29, 0.717) is 12.2 Å². The van der Waals surface area contributed by atoms with E-state index in [-0.39, 0.29) is 28.2 Å². The zero-order chi connectivity index (χ0) is 27.3. The molecule has 11 heteroatoms. The average molecular weight is 559 g/mol. The van der Waals surface area contributed by atoms with Crippen LogP contribution < -0.4 is 14.4 Å². The molecule has 0 aliphatic carbocycles. The average Bonchev–Trinajstić information content (AvgIpc) is 2.77. The van der Waals surface area contributed by atoms with Gasteiger partial charge in [0.2, 0.25) is 21.8 Å². The summed E-state index contributed by atoms with van der Waals surface area (Å²) in [6, 6.07) is 10.8. The maximum Gasteiger partial charge on any atom is 0.244 e. The van der Waals surface area contributed by atoms with E-state index in [4.69, 9.17) is 27.9 Å². The number of hydrogen-bond acceptors (Lipinski definition) is 5. The van der Waals surface area contributed by atoms with Crippen LogP contribution in [-0.4, -0.2) is 56.6 Å². The molecule has 8 nitrogen and oxygen atoms in total. The summed E-state index contributed by atoms with van der Waals surface area (Å²) in [6.45, 7) is 6.86. The molecule has 0 saturated heterocycles. The first-order valence-electron chi connectivity index (χ1n) is 11.3. The van der Waals surface area contributed by atoms with Gasteiger partial charge >= 0.3 is 0 Å². The fourth-order valence-corrected chi connectivity index (χ4v) is 4.88. The van der Waals surface area contributed by atoms with Gasteiger partial charge in [-0.05, 0) is 57.0 Å². The summed E-state index contributed by atoms with van der Waals surface area (Å²) in [5, 5.41) is 3.08. The Kier molecular flexibility index (Phi) is 10.0. The van der Waals surface area contributed by atoms with E-state index in [1.54, 1.807) is 44.4 Å². The van der Waals surface area contributed by atoms with Crippen LogP contribution >= 0.6 is 23.2 Å². The molecule has 2 rings (SSSR count). The zero-order valence-corrected chi connectivity index (χ0v) is 23.7. The van der Waals surface area contributed by atoms with Crippen LogP contribution in [0.5, 0.6) is 5.75 Å². The van der Waals surface area contributed by atoms with Crippen LogP contribution in [0.1, 0.15) is 39.7 Å². The Labute approximate surface area is 223 Å². The van der Waals surface area contributed by atoms with Crippen molar-refractivity contribution in [3.05, 3.63) is 58.1 Å². The van der Waals surface area contributed by atoms with Crippen molar-refractivity contribution >= 4 is 50.7 Å². The second kappa shape index (κ2) is 12.2. The first-order chi connectivity index (χ1) is 16.7. The number of rotatable bonds is 10. The minimum Gasteiger partial charge on any atom is -0.497 e. The van der Waals surface area contributed by atoms with Crippen molar-refractivity contribution in [3.8, 4) is 5.75 Å². The highest BCUT2D eigenvalue weighted by Gasteiger charge is 2.33. The Morgan fingerprint density at radius 3 is 2.19 bits per heavy atom. The number of ether oxygens (including phenoxy) is 1. The van der Waals surface area contributed by atoms with Crippen LogP contribution in [0.3, 0.4) is 0 Å². The number of benzene rings is 2. The van der Waals surface area contributed by atoms with Gasteiger partial charge in [0, 0.05) is 12.1 Å². The zero-order valence-electron chi connectivity index (χ0n) is 21.3. The molecule has 0 fully saturated rings. The van der Waals surface area contributed by atoms with Crippen molar-refractivity contribution in [2.24, 2.45) is 0 Å². The molecule has 198 valence electrons. The lowest BCUT2D eigenvalue weighted by atomic mass is 10.1. The van der Waals surface area contributed by atoms with Crippen LogP contribution in [0.4, 0.5) is 5.69 Å². The summed E-state index contributed by atoms with van der Waals surface area (Å²) in [5.41, 5.74) is 0.307. The molecular weight excluding hydrogens is 525 g/mol. The molecule has 0 radical (unpaired) electrons. The van der Waals surface area contributed by atoms with Crippen molar-refractivity contribution in [1.29, 1.82) is 0 Å². The van der Waals surface area contributed by atoms with E-state index >= 15 is 0 Å². The third kappa shape index (κ3) is 8.01. The predicted molar refractivity (Wildman–Crippen MR) is 144 cm³/mol. The Bertz CT molecular complexity index is 1180. The maximum absolute atomic E-state index is 13.7. The van der Waals surface area contributed by atoms with Gasteiger partial charge in [-0.2, -0.15) is 0 Å². The first kappa shape index (κ1) is 29.7. The van der Waals surface area contributed by atoms with Crippen molar-refractivity contribution in [1.82, 2.24) is 10.2 Å². The third-order valence-corrected chi connectivity index (χ3v) is 7.21. The SMILES string of the molecule is CC[C@@H](C(=O)NC(C)(C)C)N(Cc1ccc(OC)cc1)C(=O)CN(c1cccc(Cl)c1Cl)S(C)(=O)=O. The largest absolute Gasteiger partial charge is 0.497 e. The lowest BCUT2D eigenvalue weighted by Crippen LogP contribution is -2.55. The maximum atomic E-state index is 13.7. The molecule has 0 aromatic heterocycles.